The molecule has 2 aromatic carbocycles. The second kappa shape index (κ2) is 10.8. The van der Waals surface area contributed by atoms with Crippen molar-refractivity contribution in [2.24, 2.45) is 5.92 Å². The van der Waals surface area contributed by atoms with Crippen molar-refractivity contribution < 1.29 is 17.9 Å². The van der Waals surface area contributed by atoms with Gasteiger partial charge in [-0.05, 0) is 68.0 Å². The maximum absolute atomic E-state index is 13.4. The summed E-state index contributed by atoms with van der Waals surface area (Å²) >= 11 is 0. The molecule has 0 aromatic heterocycles. The van der Waals surface area contributed by atoms with Gasteiger partial charge in [-0.2, -0.15) is 4.31 Å². The Kier molecular flexibility index (Phi) is 7.78. The third kappa shape index (κ3) is 5.39. The molecule has 0 N–H and O–H groups in total. The summed E-state index contributed by atoms with van der Waals surface area (Å²) in [5.41, 5.74) is 2.34. The van der Waals surface area contributed by atoms with Crippen molar-refractivity contribution in [1.29, 1.82) is 0 Å². The molecule has 1 atom stereocenters. The van der Waals surface area contributed by atoms with E-state index in [4.69, 9.17) is 4.74 Å². The number of benzene rings is 2. The quantitative estimate of drug-likeness (QED) is 0.598. The summed E-state index contributed by atoms with van der Waals surface area (Å²) in [6.45, 7) is 3.27. The summed E-state index contributed by atoms with van der Waals surface area (Å²) in [4.78, 5) is 17.8. The van der Waals surface area contributed by atoms with Gasteiger partial charge in [-0.3, -0.25) is 4.79 Å². The molecule has 1 amide bonds. The number of hydrogen-bond acceptors (Lipinski definition) is 5. The highest BCUT2D eigenvalue weighted by Crippen LogP contribution is 2.28. The Balaban J connectivity index is 1.44. The topological polar surface area (TPSA) is 70.2 Å². The molecule has 2 aliphatic heterocycles. The molecule has 0 saturated carbocycles. The smallest absolute Gasteiger partial charge is 0.243 e. The predicted molar refractivity (Wildman–Crippen MR) is 133 cm³/mol. The summed E-state index contributed by atoms with van der Waals surface area (Å²) in [6, 6.07) is 14.7. The molecule has 4 rings (SSSR count). The zero-order chi connectivity index (χ0) is 24.1. The molecule has 34 heavy (non-hydrogen) atoms. The van der Waals surface area contributed by atoms with Crippen molar-refractivity contribution in [3.63, 3.8) is 0 Å². The van der Waals surface area contributed by atoms with E-state index >= 15 is 0 Å². The minimum atomic E-state index is -3.66. The van der Waals surface area contributed by atoms with Gasteiger partial charge < -0.3 is 14.5 Å². The third-order valence-corrected chi connectivity index (χ3v) is 8.78. The molecule has 0 bridgehead atoms. The molecule has 0 unspecified atom stereocenters. The van der Waals surface area contributed by atoms with Crippen LogP contribution < -0.4 is 9.64 Å². The number of carbonyl (C=O) groups excluding carboxylic acids is 1. The van der Waals surface area contributed by atoms with Crippen molar-refractivity contribution in [3.8, 4) is 5.75 Å². The van der Waals surface area contributed by atoms with Crippen LogP contribution in [0.3, 0.4) is 0 Å². The van der Waals surface area contributed by atoms with Gasteiger partial charge in [0.05, 0.1) is 17.9 Å². The fourth-order valence-corrected chi connectivity index (χ4v) is 6.52. The van der Waals surface area contributed by atoms with Crippen LogP contribution in [0.25, 0.3) is 0 Å². The monoisotopic (exact) mass is 485 g/mol. The molecule has 7 nitrogen and oxygen atoms in total. The van der Waals surface area contributed by atoms with E-state index in [1.165, 1.54) is 29.3 Å². The van der Waals surface area contributed by atoms with E-state index in [0.29, 0.717) is 31.7 Å². The largest absolute Gasteiger partial charge is 0.497 e. The van der Waals surface area contributed by atoms with Crippen LogP contribution >= 0.6 is 0 Å². The van der Waals surface area contributed by atoms with Gasteiger partial charge in [-0.15, -0.1) is 0 Å². The Labute approximate surface area is 203 Å². The standard InChI is InChI=1S/C26H35N3O4S/c1-27(19-21-9-4-5-11-25(21)28-16-6-3-7-17-28)26(30)22-10-8-18-29(20-22)34(31,32)24-14-12-23(33-2)13-15-24/h4-5,9,11-15,22H,3,6-8,10,16-20H2,1-2H3/t22-/m1/s1. The number of hydrogen-bond donors (Lipinski definition) is 0. The van der Waals surface area contributed by atoms with Gasteiger partial charge in [0.1, 0.15) is 5.75 Å². The van der Waals surface area contributed by atoms with Crippen molar-refractivity contribution in [1.82, 2.24) is 9.21 Å². The van der Waals surface area contributed by atoms with E-state index < -0.39 is 10.0 Å². The van der Waals surface area contributed by atoms with Crippen LogP contribution in [-0.4, -0.2) is 63.9 Å². The molecule has 0 aliphatic carbocycles. The van der Waals surface area contributed by atoms with Crippen molar-refractivity contribution in [2.45, 2.75) is 43.5 Å². The molecule has 8 heteroatoms. The van der Waals surface area contributed by atoms with Crippen LogP contribution in [0, 0.1) is 5.92 Å². The Morgan fingerprint density at radius 1 is 1.00 bits per heavy atom. The minimum Gasteiger partial charge on any atom is -0.497 e. The molecule has 2 saturated heterocycles. The van der Waals surface area contributed by atoms with Gasteiger partial charge in [0.25, 0.3) is 0 Å². The number of para-hydroxylation sites is 1. The Hall–Kier alpha value is -2.58. The lowest BCUT2D eigenvalue weighted by molar-refractivity contribution is -0.135. The maximum atomic E-state index is 13.4. The van der Waals surface area contributed by atoms with E-state index in [9.17, 15) is 13.2 Å². The number of rotatable bonds is 7. The van der Waals surface area contributed by atoms with Crippen LogP contribution in [-0.2, 0) is 21.4 Å². The average Bonchev–Trinajstić information content (AvgIpc) is 2.89. The van der Waals surface area contributed by atoms with Gasteiger partial charge >= 0.3 is 0 Å². The van der Waals surface area contributed by atoms with Crippen LogP contribution in [0.15, 0.2) is 53.4 Å². The lowest BCUT2D eigenvalue weighted by Gasteiger charge is -2.34. The highest BCUT2D eigenvalue weighted by molar-refractivity contribution is 7.89. The summed E-state index contributed by atoms with van der Waals surface area (Å²) < 4.78 is 33.0. The molecule has 184 valence electrons. The second-order valence-electron chi connectivity index (χ2n) is 9.25. The number of ether oxygens (including phenoxy) is 1. The lowest BCUT2D eigenvalue weighted by Crippen LogP contribution is -2.45. The molecule has 2 aliphatic rings. The fourth-order valence-electron chi connectivity index (χ4n) is 4.99. The normalized spacial score (nSPS) is 19.6. The van der Waals surface area contributed by atoms with E-state index in [1.54, 1.807) is 36.3 Å². The fraction of sp³-hybridized carbons (Fsp3) is 0.500. The molecule has 0 radical (unpaired) electrons. The highest BCUT2D eigenvalue weighted by atomic mass is 32.2. The van der Waals surface area contributed by atoms with Crippen LogP contribution in [0.5, 0.6) is 5.75 Å². The number of nitrogens with zero attached hydrogens (tertiary/aromatic N) is 3. The summed E-state index contributed by atoms with van der Waals surface area (Å²) in [7, 11) is -0.286. The van der Waals surface area contributed by atoms with Crippen molar-refractivity contribution in [3.05, 3.63) is 54.1 Å². The lowest BCUT2D eigenvalue weighted by atomic mass is 9.98. The SMILES string of the molecule is COc1ccc(S(=O)(=O)N2CCC[C@@H](C(=O)N(C)Cc3ccccc3N3CCCCC3)C2)cc1. The third-order valence-electron chi connectivity index (χ3n) is 6.90. The van der Waals surface area contributed by atoms with E-state index in [-0.39, 0.29) is 23.3 Å². The Morgan fingerprint density at radius 2 is 1.71 bits per heavy atom. The number of methoxy groups -OCH3 is 1. The molecule has 2 aromatic rings. The van der Waals surface area contributed by atoms with Crippen molar-refractivity contribution in [2.75, 3.05) is 45.2 Å². The number of sulfonamides is 1. The molecular formula is C26H35N3O4S. The van der Waals surface area contributed by atoms with Gasteiger partial charge in [-0.1, -0.05) is 18.2 Å². The average molecular weight is 486 g/mol. The van der Waals surface area contributed by atoms with Gasteiger partial charge in [0, 0.05) is 45.5 Å². The Bertz CT molecular complexity index is 1080. The summed E-state index contributed by atoms with van der Waals surface area (Å²) in [5, 5.41) is 0. The van der Waals surface area contributed by atoms with Gasteiger partial charge in [0.2, 0.25) is 15.9 Å². The number of carbonyl (C=O) groups is 1. The predicted octanol–water partition coefficient (Wildman–Crippen LogP) is 3.74. The minimum absolute atomic E-state index is 0.00285. The maximum Gasteiger partial charge on any atom is 0.243 e. The molecule has 2 fully saturated rings. The first-order valence-electron chi connectivity index (χ1n) is 12.1. The Morgan fingerprint density at radius 3 is 2.41 bits per heavy atom. The first-order valence-corrected chi connectivity index (χ1v) is 13.6. The van der Waals surface area contributed by atoms with Crippen LogP contribution in [0.4, 0.5) is 5.69 Å². The first-order chi connectivity index (χ1) is 16.4. The number of amides is 1. The van der Waals surface area contributed by atoms with Gasteiger partial charge in [-0.25, -0.2) is 8.42 Å². The van der Waals surface area contributed by atoms with Gasteiger partial charge in [0.15, 0.2) is 0 Å². The highest BCUT2D eigenvalue weighted by Gasteiger charge is 2.34. The molecule has 0 spiro atoms. The van der Waals surface area contributed by atoms with Crippen LogP contribution in [0.1, 0.15) is 37.7 Å². The van der Waals surface area contributed by atoms with E-state index in [1.807, 2.05) is 13.1 Å². The van der Waals surface area contributed by atoms with E-state index in [0.717, 1.165) is 18.7 Å². The summed E-state index contributed by atoms with van der Waals surface area (Å²) in [5.74, 6) is 0.272. The van der Waals surface area contributed by atoms with Crippen LogP contribution in [0.2, 0.25) is 0 Å². The second-order valence-corrected chi connectivity index (χ2v) is 11.2. The van der Waals surface area contributed by atoms with Crippen molar-refractivity contribution >= 4 is 21.6 Å². The molecular weight excluding hydrogens is 450 g/mol. The van der Waals surface area contributed by atoms with E-state index in [2.05, 4.69) is 23.1 Å². The molecule has 2 heterocycles. The number of anilines is 1. The first kappa shape index (κ1) is 24.5. The number of piperidine rings is 2. The zero-order valence-electron chi connectivity index (χ0n) is 20.2. The summed E-state index contributed by atoms with van der Waals surface area (Å²) in [6.07, 6.45) is 5.04. The zero-order valence-corrected chi connectivity index (χ0v) is 21.0.